The quantitative estimate of drug-likeness (QED) is 0.463. The monoisotopic (exact) mass is 457 g/mol. The largest absolute Gasteiger partial charge is 0.480 e. The fourth-order valence-electron chi connectivity index (χ4n) is 4.20. The van der Waals surface area contributed by atoms with E-state index in [4.69, 9.17) is 0 Å². The van der Waals surface area contributed by atoms with Gasteiger partial charge in [-0.05, 0) is 65.9 Å². The number of fused-ring (bicyclic) bond motifs is 1. The fraction of sp³-hybridized carbons (Fsp3) is 0.222. The van der Waals surface area contributed by atoms with Gasteiger partial charge in [0.2, 0.25) is 0 Å². The molecule has 3 amide bonds. The Bertz CT molecular complexity index is 1230. The number of rotatable bonds is 6. The third-order valence-corrected chi connectivity index (χ3v) is 5.94. The number of carboxylic acids is 1. The van der Waals surface area contributed by atoms with Crippen LogP contribution in [0.1, 0.15) is 35.3 Å². The van der Waals surface area contributed by atoms with E-state index in [1.807, 2.05) is 67.6 Å². The van der Waals surface area contributed by atoms with Crippen molar-refractivity contribution in [1.29, 1.82) is 0 Å². The van der Waals surface area contributed by atoms with Crippen LogP contribution in [0, 0.1) is 12.8 Å². The van der Waals surface area contributed by atoms with Gasteiger partial charge in [-0.15, -0.1) is 0 Å². The summed E-state index contributed by atoms with van der Waals surface area (Å²) in [5.41, 5.74) is 5.68. The van der Waals surface area contributed by atoms with E-state index in [2.05, 4.69) is 10.6 Å². The van der Waals surface area contributed by atoms with Gasteiger partial charge in [-0.25, -0.2) is 9.59 Å². The molecule has 174 valence electrons. The summed E-state index contributed by atoms with van der Waals surface area (Å²) in [5, 5.41) is 15.2. The normalized spacial score (nSPS) is 13.5. The average Bonchev–Trinajstić information content (AvgIpc) is 3.10. The van der Waals surface area contributed by atoms with E-state index in [0.717, 1.165) is 22.3 Å². The van der Waals surface area contributed by atoms with E-state index in [0.29, 0.717) is 16.9 Å². The summed E-state index contributed by atoms with van der Waals surface area (Å²) < 4.78 is 0. The molecule has 0 aliphatic carbocycles. The Kier molecular flexibility index (Phi) is 6.36. The Balaban J connectivity index is 1.46. The SMILES string of the molecule is Cc1ccc(NC(=O)Nc2ccc(-c3ccc4c(c3)CN([C@H](C(=O)O)C(C)C)C4=O)cc2)cc1. The third-order valence-electron chi connectivity index (χ3n) is 5.94. The molecule has 0 saturated carbocycles. The zero-order valence-electron chi connectivity index (χ0n) is 19.3. The molecule has 1 aliphatic rings. The first-order valence-electron chi connectivity index (χ1n) is 11.1. The molecule has 4 rings (SSSR count). The van der Waals surface area contributed by atoms with Crippen molar-refractivity contribution in [2.24, 2.45) is 5.92 Å². The molecule has 0 aromatic heterocycles. The number of urea groups is 1. The smallest absolute Gasteiger partial charge is 0.326 e. The molecular formula is C27H27N3O4. The predicted octanol–water partition coefficient (Wildman–Crippen LogP) is 5.37. The second-order valence-electron chi connectivity index (χ2n) is 8.85. The van der Waals surface area contributed by atoms with Gasteiger partial charge in [0, 0.05) is 23.5 Å². The Labute approximate surface area is 198 Å². The van der Waals surface area contributed by atoms with Crippen LogP contribution >= 0.6 is 0 Å². The van der Waals surface area contributed by atoms with Crippen LogP contribution in [-0.2, 0) is 11.3 Å². The number of hydrogen-bond donors (Lipinski definition) is 3. The summed E-state index contributed by atoms with van der Waals surface area (Å²) in [6, 6.07) is 19.3. The number of aryl methyl sites for hydroxylation is 1. The highest BCUT2D eigenvalue weighted by Crippen LogP contribution is 2.31. The molecule has 1 heterocycles. The van der Waals surface area contributed by atoms with Gasteiger partial charge in [0.15, 0.2) is 0 Å². The van der Waals surface area contributed by atoms with Crippen LogP contribution in [0.2, 0.25) is 0 Å². The van der Waals surface area contributed by atoms with Crippen LogP contribution in [-0.4, -0.2) is 34.0 Å². The van der Waals surface area contributed by atoms with Crippen molar-refractivity contribution < 1.29 is 19.5 Å². The van der Waals surface area contributed by atoms with Crippen molar-refractivity contribution in [3.05, 3.63) is 83.4 Å². The summed E-state index contributed by atoms with van der Waals surface area (Å²) in [6.07, 6.45) is 0. The van der Waals surface area contributed by atoms with E-state index in [1.165, 1.54) is 4.90 Å². The summed E-state index contributed by atoms with van der Waals surface area (Å²) in [5.74, 6) is -1.44. The van der Waals surface area contributed by atoms with Gasteiger partial charge in [0.05, 0.1) is 0 Å². The summed E-state index contributed by atoms with van der Waals surface area (Å²) >= 11 is 0. The lowest BCUT2D eigenvalue weighted by molar-refractivity contribution is -0.144. The topological polar surface area (TPSA) is 98.7 Å². The molecule has 3 N–H and O–H groups in total. The van der Waals surface area contributed by atoms with Crippen molar-refractivity contribution in [1.82, 2.24) is 4.90 Å². The highest BCUT2D eigenvalue weighted by atomic mass is 16.4. The van der Waals surface area contributed by atoms with Gasteiger partial charge in [-0.1, -0.05) is 49.7 Å². The summed E-state index contributed by atoms with van der Waals surface area (Å²) in [4.78, 5) is 38.2. The number of nitrogens with one attached hydrogen (secondary N) is 2. The van der Waals surface area contributed by atoms with Gasteiger partial charge in [0.25, 0.3) is 5.91 Å². The van der Waals surface area contributed by atoms with Crippen LogP contribution in [0.3, 0.4) is 0 Å². The molecule has 0 unspecified atom stereocenters. The molecule has 34 heavy (non-hydrogen) atoms. The van der Waals surface area contributed by atoms with E-state index >= 15 is 0 Å². The lowest BCUT2D eigenvalue weighted by atomic mass is 10.0. The van der Waals surface area contributed by atoms with Crippen LogP contribution in [0.5, 0.6) is 0 Å². The van der Waals surface area contributed by atoms with Crippen LogP contribution in [0.15, 0.2) is 66.7 Å². The number of carboxylic acid groups (broad SMARTS) is 1. The highest BCUT2D eigenvalue weighted by molar-refractivity contribution is 6.01. The van der Waals surface area contributed by atoms with Crippen LogP contribution < -0.4 is 10.6 Å². The van der Waals surface area contributed by atoms with Gasteiger partial charge < -0.3 is 20.6 Å². The predicted molar refractivity (Wildman–Crippen MR) is 132 cm³/mol. The molecule has 7 heteroatoms. The Morgan fingerprint density at radius 1 is 0.882 bits per heavy atom. The maximum absolute atomic E-state index is 12.8. The second-order valence-corrected chi connectivity index (χ2v) is 8.85. The maximum atomic E-state index is 12.8. The van der Waals surface area contributed by atoms with Crippen molar-refractivity contribution in [2.75, 3.05) is 10.6 Å². The first-order chi connectivity index (χ1) is 16.2. The lowest BCUT2D eigenvalue weighted by Crippen LogP contribution is -2.44. The van der Waals surface area contributed by atoms with Crippen molar-refractivity contribution in [3.63, 3.8) is 0 Å². The van der Waals surface area contributed by atoms with E-state index < -0.39 is 12.0 Å². The first-order valence-corrected chi connectivity index (χ1v) is 11.1. The van der Waals surface area contributed by atoms with Gasteiger partial charge >= 0.3 is 12.0 Å². The van der Waals surface area contributed by atoms with Crippen molar-refractivity contribution >= 4 is 29.3 Å². The summed E-state index contributed by atoms with van der Waals surface area (Å²) in [7, 11) is 0. The van der Waals surface area contributed by atoms with Crippen molar-refractivity contribution in [2.45, 2.75) is 33.4 Å². The highest BCUT2D eigenvalue weighted by Gasteiger charge is 2.38. The number of carbonyl (C=O) groups is 3. The Hall–Kier alpha value is -4.13. The molecule has 1 atom stereocenters. The number of nitrogens with zero attached hydrogens (tertiary/aromatic N) is 1. The molecule has 0 bridgehead atoms. The molecule has 0 saturated heterocycles. The second kappa shape index (κ2) is 9.39. The minimum Gasteiger partial charge on any atom is -0.480 e. The van der Waals surface area contributed by atoms with E-state index in [9.17, 15) is 19.5 Å². The zero-order valence-corrected chi connectivity index (χ0v) is 19.3. The number of hydrogen-bond acceptors (Lipinski definition) is 3. The number of carbonyl (C=O) groups excluding carboxylic acids is 2. The standard InChI is InChI=1S/C27H27N3O4/c1-16(2)24(26(32)33)30-15-20-14-19(8-13-23(20)25(30)31)18-6-11-22(12-7-18)29-27(34)28-21-9-4-17(3)5-10-21/h4-14,16,24H,15H2,1-3H3,(H,32,33)(H2,28,29,34)/t24-/m0/s1. The lowest BCUT2D eigenvalue weighted by Gasteiger charge is -2.27. The maximum Gasteiger partial charge on any atom is 0.326 e. The molecule has 3 aromatic rings. The average molecular weight is 458 g/mol. The third kappa shape index (κ3) is 4.78. The Morgan fingerprint density at radius 2 is 1.44 bits per heavy atom. The number of amides is 3. The van der Waals surface area contributed by atoms with Crippen LogP contribution in [0.4, 0.5) is 16.2 Å². The number of benzene rings is 3. The molecule has 0 radical (unpaired) electrons. The molecule has 0 fully saturated rings. The van der Waals surface area contributed by atoms with Crippen LogP contribution in [0.25, 0.3) is 11.1 Å². The van der Waals surface area contributed by atoms with Gasteiger partial charge in [0.1, 0.15) is 6.04 Å². The van der Waals surface area contributed by atoms with Gasteiger partial charge in [-0.2, -0.15) is 0 Å². The molecule has 3 aromatic carbocycles. The zero-order chi connectivity index (χ0) is 24.4. The number of anilines is 2. The molecule has 1 aliphatic heterocycles. The van der Waals surface area contributed by atoms with E-state index in [-0.39, 0.29) is 24.4 Å². The van der Waals surface area contributed by atoms with Crippen molar-refractivity contribution in [3.8, 4) is 11.1 Å². The molecular weight excluding hydrogens is 430 g/mol. The fourth-order valence-corrected chi connectivity index (χ4v) is 4.20. The molecule has 7 nitrogen and oxygen atoms in total. The summed E-state index contributed by atoms with van der Waals surface area (Å²) in [6.45, 7) is 5.86. The van der Waals surface area contributed by atoms with Gasteiger partial charge in [-0.3, -0.25) is 4.79 Å². The first kappa shape index (κ1) is 23.0. The molecule has 0 spiro atoms. The van der Waals surface area contributed by atoms with E-state index in [1.54, 1.807) is 19.9 Å². The number of aliphatic carboxylic acids is 1. The minimum absolute atomic E-state index is 0.196. The minimum atomic E-state index is -0.995. The Morgan fingerprint density at radius 3 is 2.00 bits per heavy atom.